The smallest absolute Gasteiger partial charge is 0.416 e. The van der Waals surface area contributed by atoms with Gasteiger partial charge in [-0.15, -0.1) is 11.3 Å². The molecule has 5 rings (SSSR count). The van der Waals surface area contributed by atoms with Crippen molar-refractivity contribution in [3.05, 3.63) is 111 Å². The van der Waals surface area contributed by atoms with Crippen LogP contribution in [0.15, 0.2) is 78.2 Å². The summed E-state index contributed by atoms with van der Waals surface area (Å²) in [5, 5.41) is 2.40. The second kappa shape index (κ2) is 13.6. The summed E-state index contributed by atoms with van der Waals surface area (Å²) in [6.45, 7) is 5.82. The average Bonchev–Trinajstić information content (AvgIpc) is 3.47. The molecule has 0 aliphatic carbocycles. The maximum atomic E-state index is 13.5. The predicted octanol–water partition coefficient (Wildman–Crippen LogP) is 6.86. The molecule has 43 heavy (non-hydrogen) atoms. The number of nitrogens with zero attached hydrogens (tertiary/aromatic N) is 4. The first-order valence-corrected chi connectivity index (χ1v) is 14.9. The number of aromatic nitrogens is 1. The first kappa shape index (κ1) is 30.5. The van der Waals surface area contributed by atoms with Gasteiger partial charge in [-0.25, -0.2) is 9.37 Å². The van der Waals surface area contributed by atoms with Gasteiger partial charge in [-0.1, -0.05) is 42.5 Å². The number of anilines is 1. The number of carbonyl (C=O) groups is 1. The summed E-state index contributed by atoms with van der Waals surface area (Å²) in [6.07, 6.45) is -4.44. The standard InChI is InChI=1S/C32H32F4N4O2S/c1-2-42-29-9-4-3-8-28(29)39-14-16-40(17-15-39)31(41)27-22-43-30(37-27)21-38(19-23-10-12-26(33)13-11-23)20-24-6-5-7-25(18-24)32(34,35)36/h3-13,18,22H,2,14-17,19-21H2,1H3. The van der Waals surface area contributed by atoms with Crippen LogP contribution in [0.25, 0.3) is 0 Å². The fraction of sp³-hybridized carbons (Fsp3) is 0.312. The summed E-state index contributed by atoms with van der Waals surface area (Å²) < 4.78 is 59.2. The molecule has 0 saturated carbocycles. The number of para-hydroxylation sites is 2. The van der Waals surface area contributed by atoms with Crippen LogP contribution in [0.4, 0.5) is 23.2 Å². The van der Waals surface area contributed by atoms with E-state index < -0.39 is 11.7 Å². The molecule has 1 saturated heterocycles. The highest BCUT2D eigenvalue weighted by Gasteiger charge is 2.30. The van der Waals surface area contributed by atoms with E-state index >= 15 is 0 Å². The van der Waals surface area contributed by atoms with E-state index in [-0.39, 0.29) is 18.3 Å². The van der Waals surface area contributed by atoms with Crippen molar-refractivity contribution in [3.63, 3.8) is 0 Å². The predicted molar refractivity (Wildman–Crippen MR) is 159 cm³/mol. The van der Waals surface area contributed by atoms with Crippen LogP contribution in [-0.4, -0.2) is 53.5 Å². The monoisotopic (exact) mass is 612 g/mol. The molecule has 1 aliphatic heterocycles. The van der Waals surface area contributed by atoms with Crippen molar-refractivity contribution in [2.75, 3.05) is 37.7 Å². The molecule has 1 amide bonds. The molecule has 6 nitrogen and oxygen atoms in total. The van der Waals surface area contributed by atoms with Crippen LogP contribution < -0.4 is 9.64 Å². The molecule has 0 spiro atoms. The van der Waals surface area contributed by atoms with E-state index in [1.807, 2.05) is 36.1 Å². The summed E-state index contributed by atoms with van der Waals surface area (Å²) in [7, 11) is 0. The molecule has 0 N–H and O–H groups in total. The number of amides is 1. The Labute approximate surface area is 252 Å². The highest BCUT2D eigenvalue weighted by atomic mass is 32.1. The molecule has 2 heterocycles. The van der Waals surface area contributed by atoms with E-state index in [4.69, 9.17) is 4.74 Å². The van der Waals surface area contributed by atoms with Gasteiger partial charge in [0.1, 0.15) is 22.3 Å². The van der Waals surface area contributed by atoms with Crippen LogP contribution in [0, 0.1) is 5.82 Å². The van der Waals surface area contributed by atoms with E-state index in [0.717, 1.165) is 29.1 Å². The summed E-state index contributed by atoms with van der Waals surface area (Å²) in [5.41, 5.74) is 1.95. The molecule has 0 bridgehead atoms. The molecule has 1 aliphatic rings. The normalized spacial score (nSPS) is 13.9. The summed E-state index contributed by atoms with van der Waals surface area (Å²) in [5.74, 6) is 0.308. The maximum Gasteiger partial charge on any atom is 0.416 e. The number of halogens is 4. The average molecular weight is 613 g/mol. The minimum Gasteiger partial charge on any atom is -0.492 e. The third-order valence-electron chi connectivity index (χ3n) is 7.18. The lowest BCUT2D eigenvalue weighted by Crippen LogP contribution is -2.49. The van der Waals surface area contributed by atoms with Crippen LogP contribution in [0.2, 0.25) is 0 Å². The first-order valence-electron chi connectivity index (χ1n) is 14.0. The summed E-state index contributed by atoms with van der Waals surface area (Å²) >= 11 is 1.34. The lowest BCUT2D eigenvalue weighted by atomic mass is 10.1. The van der Waals surface area contributed by atoms with Crippen molar-refractivity contribution in [1.82, 2.24) is 14.8 Å². The quantitative estimate of drug-likeness (QED) is 0.183. The number of hydrogen-bond donors (Lipinski definition) is 0. The highest BCUT2D eigenvalue weighted by Crippen LogP contribution is 2.31. The molecule has 0 unspecified atom stereocenters. The number of carbonyl (C=O) groups excluding carboxylic acids is 1. The fourth-order valence-electron chi connectivity index (χ4n) is 5.10. The number of rotatable bonds is 10. The molecule has 11 heteroatoms. The Kier molecular flexibility index (Phi) is 9.62. The number of thiazole rings is 1. The highest BCUT2D eigenvalue weighted by molar-refractivity contribution is 7.09. The van der Waals surface area contributed by atoms with Gasteiger partial charge in [-0.3, -0.25) is 9.69 Å². The van der Waals surface area contributed by atoms with Gasteiger partial charge in [-0.05, 0) is 48.4 Å². The fourth-order valence-corrected chi connectivity index (χ4v) is 5.91. The van der Waals surface area contributed by atoms with Gasteiger partial charge in [0, 0.05) is 44.6 Å². The largest absolute Gasteiger partial charge is 0.492 e. The first-order chi connectivity index (χ1) is 20.7. The van der Waals surface area contributed by atoms with Crippen molar-refractivity contribution >= 4 is 22.9 Å². The minimum absolute atomic E-state index is 0.150. The molecule has 0 radical (unpaired) electrons. The van der Waals surface area contributed by atoms with Crippen LogP contribution in [0.5, 0.6) is 5.75 Å². The molecule has 4 aromatic rings. The van der Waals surface area contributed by atoms with E-state index in [9.17, 15) is 22.4 Å². The van der Waals surface area contributed by atoms with Gasteiger partial charge < -0.3 is 14.5 Å². The van der Waals surface area contributed by atoms with Crippen molar-refractivity contribution in [1.29, 1.82) is 0 Å². The van der Waals surface area contributed by atoms with Crippen LogP contribution >= 0.6 is 11.3 Å². The van der Waals surface area contributed by atoms with Crippen molar-refractivity contribution in [2.24, 2.45) is 0 Å². The SMILES string of the molecule is CCOc1ccccc1N1CCN(C(=O)c2csc(CN(Cc3ccc(F)cc3)Cc3cccc(C(F)(F)F)c3)n2)CC1. The lowest BCUT2D eigenvalue weighted by molar-refractivity contribution is -0.137. The second-order valence-electron chi connectivity index (χ2n) is 10.3. The third kappa shape index (κ3) is 7.91. The second-order valence-corrected chi connectivity index (χ2v) is 11.2. The van der Waals surface area contributed by atoms with Crippen molar-refractivity contribution in [3.8, 4) is 5.75 Å². The molecule has 1 fully saturated rings. The van der Waals surface area contributed by atoms with Gasteiger partial charge >= 0.3 is 6.18 Å². The van der Waals surface area contributed by atoms with Crippen LogP contribution in [-0.2, 0) is 25.8 Å². The zero-order valence-corrected chi connectivity index (χ0v) is 24.5. The molecular formula is C32H32F4N4O2S. The maximum absolute atomic E-state index is 13.5. The Morgan fingerprint density at radius 1 is 0.930 bits per heavy atom. The number of benzene rings is 3. The van der Waals surface area contributed by atoms with Crippen molar-refractivity contribution in [2.45, 2.75) is 32.7 Å². The molecule has 226 valence electrons. The molecule has 1 aromatic heterocycles. The molecular weight excluding hydrogens is 580 g/mol. The minimum atomic E-state index is -4.44. The van der Waals surface area contributed by atoms with Crippen molar-refractivity contribution < 1.29 is 27.1 Å². The topological polar surface area (TPSA) is 48.9 Å². The van der Waals surface area contributed by atoms with Gasteiger partial charge in [0.15, 0.2) is 0 Å². The molecule has 0 atom stereocenters. The Bertz CT molecular complexity index is 1520. The molecule has 3 aromatic carbocycles. The number of alkyl halides is 3. The zero-order chi connectivity index (χ0) is 30.4. The van der Waals surface area contributed by atoms with Crippen LogP contribution in [0.1, 0.15) is 39.1 Å². The lowest BCUT2D eigenvalue weighted by Gasteiger charge is -2.36. The van der Waals surface area contributed by atoms with Crippen LogP contribution in [0.3, 0.4) is 0 Å². The van der Waals surface area contributed by atoms with Gasteiger partial charge in [0.05, 0.1) is 24.4 Å². The van der Waals surface area contributed by atoms with Gasteiger partial charge in [-0.2, -0.15) is 13.2 Å². The number of hydrogen-bond acceptors (Lipinski definition) is 6. The zero-order valence-electron chi connectivity index (χ0n) is 23.7. The van der Waals surface area contributed by atoms with Gasteiger partial charge in [0.25, 0.3) is 5.91 Å². The summed E-state index contributed by atoms with van der Waals surface area (Å²) in [4.78, 5) is 23.9. The van der Waals surface area contributed by atoms with E-state index in [1.165, 1.54) is 29.5 Å². The Morgan fingerprint density at radius 3 is 2.37 bits per heavy atom. The Balaban J connectivity index is 1.26. The Hall–Kier alpha value is -3.96. The summed E-state index contributed by atoms with van der Waals surface area (Å²) in [6, 6.07) is 19.1. The van der Waals surface area contributed by atoms with Gasteiger partial charge in [0.2, 0.25) is 0 Å². The van der Waals surface area contributed by atoms with E-state index in [2.05, 4.69) is 9.88 Å². The number of piperazine rings is 1. The number of ether oxygens (including phenoxy) is 1. The third-order valence-corrected chi connectivity index (χ3v) is 8.02. The van der Waals surface area contributed by atoms with E-state index in [0.29, 0.717) is 62.1 Å². The van der Waals surface area contributed by atoms with E-state index in [1.54, 1.807) is 28.5 Å². The Morgan fingerprint density at radius 2 is 1.65 bits per heavy atom.